The van der Waals surface area contributed by atoms with Gasteiger partial charge in [0, 0.05) is 13.1 Å². The molecule has 1 saturated carbocycles. The highest BCUT2D eigenvalue weighted by atomic mass is 15.4. The summed E-state index contributed by atoms with van der Waals surface area (Å²) in [7, 11) is 0. The largest absolute Gasteiger partial charge is 0.325 e. The van der Waals surface area contributed by atoms with Crippen LogP contribution in [0.25, 0.3) is 0 Å². The van der Waals surface area contributed by atoms with Crippen molar-refractivity contribution in [2.24, 2.45) is 11.7 Å². The van der Waals surface area contributed by atoms with Crippen molar-refractivity contribution < 1.29 is 0 Å². The van der Waals surface area contributed by atoms with E-state index in [1.165, 1.54) is 18.5 Å². The number of hydrogen-bond donors (Lipinski definition) is 1. The van der Waals surface area contributed by atoms with Crippen molar-refractivity contribution in [3.05, 3.63) is 11.4 Å². The van der Waals surface area contributed by atoms with E-state index in [1.54, 1.807) is 0 Å². The van der Waals surface area contributed by atoms with Gasteiger partial charge in [-0.1, -0.05) is 12.1 Å². The first-order chi connectivity index (χ1) is 6.85. The Morgan fingerprint density at radius 1 is 1.50 bits per heavy atom. The predicted octanol–water partition coefficient (Wildman–Crippen LogP) is 1.10. The smallest absolute Gasteiger partial charge is 0.0994 e. The molecule has 1 fully saturated rings. The molecule has 1 aromatic rings. The Balaban J connectivity index is 2.15. The molecule has 2 N–H and O–H groups in total. The molecule has 0 spiro atoms. The van der Waals surface area contributed by atoms with E-state index in [4.69, 9.17) is 5.73 Å². The molecular formula is C10H18N4. The second kappa shape index (κ2) is 4.09. The van der Waals surface area contributed by atoms with E-state index < -0.39 is 0 Å². The van der Waals surface area contributed by atoms with Crippen LogP contribution in [-0.2, 0) is 19.5 Å². The standard InChI is InChI=1S/C10H18N4/c1-2-5-14-10(6-8-3-4-8)9(7-11)12-13-14/h8H,2-7,11H2,1H3. The number of aryl methyl sites for hydroxylation is 1. The molecule has 2 rings (SSSR count). The molecule has 0 unspecified atom stereocenters. The Kier molecular flexibility index (Phi) is 2.82. The fourth-order valence-electron chi connectivity index (χ4n) is 1.74. The summed E-state index contributed by atoms with van der Waals surface area (Å²) in [5, 5.41) is 8.27. The molecule has 14 heavy (non-hydrogen) atoms. The van der Waals surface area contributed by atoms with Crippen molar-refractivity contribution in [1.82, 2.24) is 15.0 Å². The summed E-state index contributed by atoms with van der Waals surface area (Å²) in [6, 6.07) is 0. The fraction of sp³-hybridized carbons (Fsp3) is 0.800. The highest BCUT2D eigenvalue weighted by molar-refractivity contribution is 5.12. The average molecular weight is 194 g/mol. The first-order valence-electron chi connectivity index (χ1n) is 5.46. The molecule has 1 aliphatic rings. The Bertz CT molecular complexity index is 301. The minimum absolute atomic E-state index is 0.520. The molecule has 0 aliphatic heterocycles. The quantitative estimate of drug-likeness (QED) is 0.763. The van der Waals surface area contributed by atoms with Gasteiger partial charge in [0.15, 0.2) is 0 Å². The van der Waals surface area contributed by atoms with Gasteiger partial charge in [-0.05, 0) is 31.6 Å². The van der Waals surface area contributed by atoms with Crippen LogP contribution in [0.3, 0.4) is 0 Å². The third-order valence-electron chi connectivity index (χ3n) is 2.73. The molecular weight excluding hydrogens is 176 g/mol. The molecule has 0 saturated heterocycles. The zero-order valence-corrected chi connectivity index (χ0v) is 8.74. The van der Waals surface area contributed by atoms with Gasteiger partial charge in [-0.15, -0.1) is 5.10 Å². The molecule has 0 aromatic carbocycles. The van der Waals surface area contributed by atoms with Crippen molar-refractivity contribution in [1.29, 1.82) is 0 Å². The lowest BCUT2D eigenvalue weighted by molar-refractivity contribution is 0.547. The topological polar surface area (TPSA) is 56.7 Å². The van der Waals surface area contributed by atoms with Crippen molar-refractivity contribution in [2.45, 2.75) is 45.7 Å². The highest BCUT2D eigenvalue weighted by Gasteiger charge is 2.25. The van der Waals surface area contributed by atoms with Gasteiger partial charge in [0.05, 0.1) is 11.4 Å². The summed E-state index contributed by atoms with van der Waals surface area (Å²) in [6.07, 6.45) is 4.95. The molecule has 0 amide bonds. The van der Waals surface area contributed by atoms with Crippen LogP contribution in [0, 0.1) is 5.92 Å². The van der Waals surface area contributed by atoms with E-state index >= 15 is 0 Å². The minimum Gasteiger partial charge on any atom is -0.325 e. The summed E-state index contributed by atoms with van der Waals surface area (Å²) >= 11 is 0. The van der Waals surface area contributed by atoms with Crippen molar-refractivity contribution in [2.75, 3.05) is 0 Å². The van der Waals surface area contributed by atoms with Crippen molar-refractivity contribution in [3.8, 4) is 0 Å². The van der Waals surface area contributed by atoms with Gasteiger partial charge in [0.25, 0.3) is 0 Å². The van der Waals surface area contributed by atoms with Crippen molar-refractivity contribution >= 4 is 0 Å². The third-order valence-corrected chi connectivity index (χ3v) is 2.73. The van der Waals surface area contributed by atoms with E-state index in [9.17, 15) is 0 Å². The lowest BCUT2D eigenvalue weighted by atomic mass is 10.2. The maximum Gasteiger partial charge on any atom is 0.0994 e. The van der Waals surface area contributed by atoms with E-state index in [0.29, 0.717) is 6.54 Å². The predicted molar refractivity (Wildman–Crippen MR) is 54.6 cm³/mol. The Morgan fingerprint density at radius 3 is 2.86 bits per heavy atom. The Morgan fingerprint density at radius 2 is 2.29 bits per heavy atom. The SMILES string of the molecule is CCCn1nnc(CN)c1CC1CC1. The monoisotopic (exact) mass is 194 g/mol. The summed E-state index contributed by atoms with van der Waals surface area (Å²) in [5.41, 5.74) is 7.91. The molecule has 78 valence electrons. The molecule has 0 radical (unpaired) electrons. The summed E-state index contributed by atoms with van der Waals surface area (Å²) in [5.74, 6) is 0.870. The lowest BCUT2D eigenvalue weighted by Gasteiger charge is -2.04. The van der Waals surface area contributed by atoms with Gasteiger partial charge in [-0.2, -0.15) is 0 Å². The van der Waals surface area contributed by atoms with E-state index in [2.05, 4.69) is 17.2 Å². The highest BCUT2D eigenvalue weighted by Crippen LogP contribution is 2.33. The fourth-order valence-corrected chi connectivity index (χ4v) is 1.74. The number of hydrogen-bond acceptors (Lipinski definition) is 3. The zero-order valence-electron chi connectivity index (χ0n) is 8.74. The van der Waals surface area contributed by atoms with Crippen LogP contribution >= 0.6 is 0 Å². The zero-order chi connectivity index (χ0) is 9.97. The molecule has 4 nitrogen and oxygen atoms in total. The maximum atomic E-state index is 5.64. The molecule has 0 atom stereocenters. The van der Waals surface area contributed by atoms with Crippen LogP contribution < -0.4 is 5.73 Å². The first kappa shape index (κ1) is 9.65. The number of aromatic nitrogens is 3. The van der Waals surface area contributed by atoms with E-state index in [-0.39, 0.29) is 0 Å². The third kappa shape index (κ3) is 1.95. The van der Waals surface area contributed by atoms with Crippen LogP contribution in [0.5, 0.6) is 0 Å². The van der Waals surface area contributed by atoms with Gasteiger partial charge in [-0.25, -0.2) is 4.68 Å². The second-order valence-corrected chi connectivity index (χ2v) is 4.06. The Labute approximate surface area is 84.5 Å². The average Bonchev–Trinajstić information content (AvgIpc) is 2.91. The van der Waals surface area contributed by atoms with Crippen LogP contribution in [0.15, 0.2) is 0 Å². The van der Waals surface area contributed by atoms with Crippen LogP contribution in [0.1, 0.15) is 37.6 Å². The number of nitrogens with zero attached hydrogens (tertiary/aromatic N) is 3. The summed E-state index contributed by atoms with van der Waals surface area (Å²) in [6.45, 7) is 3.64. The van der Waals surface area contributed by atoms with Gasteiger partial charge in [0.2, 0.25) is 0 Å². The molecule has 1 heterocycles. The van der Waals surface area contributed by atoms with Crippen molar-refractivity contribution in [3.63, 3.8) is 0 Å². The first-order valence-corrected chi connectivity index (χ1v) is 5.46. The summed E-state index contributed by atoms with van der Waals surface area (Å²) in [4.78, 5) is 0. The molecule has 1 aliphatic carbocycles. The van der Waals surface area contributed by atoms with Gasteiger partial charge in [0.1, 0.15) is 0 Å². The number of rotatable bonds is 5. The number of nitrogens with two attached hydrogens (primary N) is 1. The minimum atomic E-state index is 0.520. The Hall–Kier alpha value is -0.900. The van der Waals surface area contributed by atoms with E-state index in [1.807, 2.05) is 4.68 Å². The van der Waals surface area contributed by atoms with Gasteiger partial charge < -0.3 is 5.73 Å². The molecule has 4 heteroatoms. The van der Waals surface area contributed by atoms with Gasteiger partial charge in [-0.3, -0.25) is 0 Å². The van der Waals surface area contributed by atoms with Crippen LogP contribution in [0.2, 0.25) is 0 Å². The van der Waals surface area contributed by atoms with Crippen LogP contribution in [-0.4, -0.2) is 15.0 Å². The maximum absolute atomic E-state index is 5.64. The second-order valence-electron chi connectivity index (χ2n) is 4.06. The van der Waals surface area contributed by atoms with Crippen LogP contribution in [0.4, 0.5) is 0 Å². The molecule has 1 aromatic heterocycles. The van der Waals surface area contributed by atoms with E-state index in [0.717, 1.165) is 31.0 Å². The normalized spacial score (nSPS) is 16.1. The summed E-state index contributed by atoms with van der Waals surface area (Å²) < 4.78 is 2.03. The lowest BCUT2D eigenvalue weighted by Crippen LogP contribution is -2.08. The molecule has 0 bridgehead atoms. The van der Waals surface area contributed by atoms with Gasteiger partial charge >= 0.3 is 0 Å².